The SMILES string of the molecule is CCC(Nc1ccc(C(=O)O)cc1)c1ccc(C)cc1. The number of carbonyl (C=O) groups is 1. The van der Waals surface area contributed by atoms with Crippen molar-refractivity contribution in [3.8, 4) is 0 Å². The normalized spacial score (nSPS) is 11.9. The molecule has 0 amide bonds. The molecule has 0 saturated heterocycles. The summed E-state index contributed by atoms with van der Waals surface area (Å²) in [6, 6.07) is 15.5. The fourth-order valence-electron chi connectivity index (χ4n) is 2.13. The number of nitrogens with one attached hydrogen (secondary N) is 1. The molecule has 2 rings (SSSR count). The highest BCUT2D eigenvalue weighted by molar-refractivity contribution is 5.88. The van der Waals surface area contributed by atoms with Crippen molar-refractivity contribution >= 4 is 11.7 Å². The third-order valence-electron chi connectivity index (χ3n) is 3.36. The van der Waals surface area contributed by atoms with Gasteiger partial charge in [-0.2, -0.15) is 0 Å². The molecule has 1 atom stereocenters. The molecule has 0 fully saturated rings. The lowest BCUT2D eigenvalue weighted by atomic mass is 10.0. The number of aryl methyl sites for hydroxylation is 1. The number of hydrogen-bond donors (Lipinski definition) is 2. The zero-order valence-corrected chi connectivity index (χ0v) is 11.8. The van der Waals surface area contributed by atoms with E-state index in [0.717, 1.165) is 12.1 Å². The van der Waals surface area contributed by atoms with Gasteiger partial charge < -0.3 is 10.4 Å². The van der Waals surface area contributed by atoms with Crippen molar-refractivity contribution in [1.29, 1.82) is 0 Å². The van der Waals surface area contributed by atoms with Gasteiger partial charge in [0.05, 0.1) is 11.6 Å². The Bertz CT molecular complexity index is 573. The molecule has 0 spiro atoms. The minimum absolute atomic E-state index is 0.228. The Morgan fingerprint density at radius 2 is 1.70 bits per heavy atom. The number of carboxylic acid groups (broad SMARTS) is 1. The first-order valence-electron chi connectivity index (χ1n) is 6.76. The van der Waals surface area contributed by atoms with Crippen molar-refractivity contribution in [1.82, 2.24) is 0 Å². The van der Waals surface area contributed by atoms with Gasteiger partial charge in [-0.05, 0) is 43.2 Å². The van der Waals surface area contributed by atoms with E-state index in [0.29, 0.717) is 5.56 Å². The highest BCUT2D eigenvalue weighted by Gasteiger charge is 2.09. The second kappa shape index (κ2) is 6.24. The van der Waals surface area contributed by atoms with Crippen LogP contribution in [0.15, 0.2) is 48.5 Å². The Labute approximate surface area is 119 Å². The van der Waals surface area contributed by atoms with Crippen LogP contribution in [0.2, 0.25) is 0 Å². The molecule has 0 aliphatic heterocycles. The van der Waals surface area contributed by atoms with Crippen LogP contribution in [0.3, 0.4) is 0 Å². The Balaban J connectivity index is 2.13. The van der Waals surface area contributed by atoms with Gasteiger partial charge in [0, 0.05) is 5.69 Å². The second-order valence-electron chi connectivity index (χ2n) is 4.90. The highest BCUT2D eigenvalue weighted by Crippen LogP contribution is 2.23. The smallest absolute Gasteiger partial charge is 0.335 e. The summed E-state index contributed by atoms with van der Waals surface area (Å²) >= 11 is 0. The third-order valence-corrected chi connectivity index (χ3v) is 3.36. The minimum atomic E-state index is -0.901. The van der Waals surface area contributed by atoms with Gasteiger partial charge in [-0.1, -0.05) is 36.8 Å². The number of carboxylic acids is 1. The molecule has 104 valence electrons. The molecule has 2 aromatic carbocycles. The maximum Gasteiger partial charge on any atom is 0.335 e. The van der Waals surface area contributed by atoms with Crippen LogP contribution in [0, 0.1) is 6.92 Å². The number of benzene rings is 2. The number of hydrogen-bond acceptors (Lipinski definition) is 2. The Kier molecular flexibility index (Phi) is 4.41. The van der Waals surface area contributed by atoms with Gasteiger partial charge in [-0.15, -0.1) is 0 Å². The first kappa shape index (κ1) is 14.1. The van der Waals surface area contributed by atoms with E-state index in [1.165, 1.54) is 11.1 Å². The van der Waals surface area contributed by atoms with Crippen LogP contribution in [0.4, 0.5) is 5.69 Å². The molecule has 0 aromatic heterocycles. The molecule has 2 N–H and O–H groups in total. The first-order valence-corrected chi connectivity index (χ1v) is 6.76. The summed E-state index contributed by atoms with van der Waals surface area (Å²) in [5.74, 6) is -0.901. The van der Waals surface area contributed by atoms with E-state index in [4.69, 9.17) is 5.11 Å². The van der Waals surface area contributed by atoms with Crippen molar-refractivity contribution in [2.45, 2.75) is 26.3 Å². The zero-order chi connectivity index (χ0) is 14.5. The average Bonchev–Trinajstić information content (AvgIpc) is 2.46. The van der Waals surface area contributed by atoms with E-state index < -0.39 is 5.97 Å². The Hall–Kier alpha value is -2.29. The molecular formula is C17H19NO2. The Morgan fingerprint density at radius 3 is 2.20 bits per heavy atom. The molecule has 2 aromatic rings. The molecule has 1 unspecified atom stereocenters. The van der Waals surface area contributed by atoms with Gasteiger partial charge in [-0.25, -0.2) is 4.79 Å². The van der Waals surface area contributed by atoms with Gasteiger partial charge in [0.25, 0.3) is 0 Å². The van der Waals surface area contributed by atoms with Gasteiger partial charge in [0.15, 0.2) is 0 Å². The zero-order valence-electron chi connectivity index (χ0n) is 11.8. The van der Waals surface area contributed by atoms with Crippen LogP contribution in [-0.2, 0) is 0 Å². The fourth-order valence-corrected chi connectivity index (χ4v) is 2.13. The molecule has 0 heterocycles. The summed E-state index contributed by atoms with van der Waals surface area (Å²) in [6.07, 6.45) is 0.962. The van der Waals surface area contributed by atoms with Crippen LogP contribution >= 0.6 is 0 Å². The highest BCUT2D eigenvalue weighted by atomic mass is 16.4. The van der Waals surface area contributed by atoms with E-state index >= 15 is 0 Å². The van der Waals surface area contributed by atoms with Gasteiger partial charge >= 0.3 is 5.97 Å². The van der Waals surface area contributed by atoms with E-state index in [9.17, 15) is 4.79 Å². The van der Waals surface area contributed by atoms with E-state index in [2.05, 4.69) is 43.4 Å². The van der Waals surface area contributed by atoms with Crippen LogP contribution in [0.5, 0.6) is 0 Å². The molecule has 3 heteroatoms. The lowest BCUT2D eigenvalue weighted by molar-refractivity contribution is 0.0697. The number of rotatable bonds is 5. The lowest BCUT2D eigenvalue weighted by Gasteiger charge is -2.19. The van der Waals surface area contributed by atoms with E-state index in [-0.39, 0.29) is 6.04 Å². The molecule has 0 aliphatic carbocycles. The molecule has 20 heavy (non-hydrogen) atoms. The van der Waals surface area contributed by atoms with E-state index in [1.54, 1.807) is 24.3 Å². The molecule has 0 radical (unpaired) electrons. The maximum atomic E-state index is 10.8. The van der Waals surface area contributed by atoms with Crippen LogP contribution in [0.1, 0.15) is 40.9 Å². The van der Waals surface area contributed by atoms with Crippen molar-refractivity contribution in [3.05, 3.63) is 65.2 Å². The van der Waals surface area contributed by atoms with Gasteiger partial charge in [-0.3, -0.25) is 0 Å². The van der Waals surface area contributed by atoms with Crippen molar-refractivity contribution in [2.75, 3.05) is 5.32 Å². The maximum absolute atomic E-state index is 10.8. The number of aromatic carboxylic acids is 1. The van der Waals surface area contributed by atoms with Crippen LogP contribution < -0.4 is 5.32 Å². The van der Waals surface area contributed by atoms with Crippen molar-refractivity contribution in [2.24, 2.45) is 0 Å². The largest absolute Gasteiger partial charge is 0.478 e. The second-order valence-corrected chi connectivity index (χ2v) is 4.90. The average molecular weight is 269 g/mol. The molecule has 0 aliphatic rings. The summed E-state index contributed by atoms with van der Waals surface area (Å²) < 4.78 is 0. The third kappa shape index (κ3) is 3.38. The molecule has 0 saturated carbocycles. The lowest BCUT2D eigenvalue weighted by Crippen LogP contribution is -2.09. The Morgan fingerprint density at radius 1 is 1.10 bits per heavy atom. The summed E-state index contributed by atoms with van der Waals surface area (Å²) in [5, 5.41) is 12.3. The quantitative estimate of drug-likeness (QED) is 0.852. The van der Waals surface area contributed by atoms with Crippen molar-refractivity contribution < 1.29 is 9.90 Å². The molecular weight excluding hydrogens is 250 g/mol. The van der Waals surface area contributed by atoms with Gasteiger partial charge in [0.1, 0.15) is 0 Å². The minimum Gasteiger partial charge on any atom is -0.478 e. The summed E-state index contributed by atoms with van der Waals surface area (Å²) in [7, 11) is 0. The first-order chi connectivity index (χ1) is 9.60. The predicted molar refractivity (Wildman–Crippen MR) is 81.2 cm³/mol. The topological polar surface area (TPSA) is 49.3 Å². The van der Waals surface area contributed by atoms with Crippen LogP contribution in [0.25, 0.3) is 0 Å². The standard InChI is InChI=1S/C17H19NO2/c1-3-16(13-6-4-12(2)5-7-13)18-15-10-8-14(9-11-15)17(19)20/h4-11,16,18H,3H2,1-2H3,(H,19,20). The fraction of sp³-hybridized carbons (Fsp3) is 0.235. The molecule has 3 nitrogen and oxygen atoms in total. The summed E-state index contributed by atoms with van der Waals surface area (Å²) in [4.78, 5) is 10.8. The molecule has 0 bridgehead atoms. The predicted octanol–water partition coefficient (Wildman–Crippen LogP) is 4.26. The van der Waals surface area contributed by atoms with Gasteiger partial charge in [0.2, 0.25) is 0 Å². The van der Waals surface area contributed by atoms with Crippen molar-refractivity contribution in [3.63, 3.8) is 0 Å². The van der Waals surface area contributed by atoms with Crippen LogP contribution in [-0.4, -0.2) is 11.1 Å². The monoisotopic (exact) mass is 269 g/mol. The summed E-state index contributed by atoms with van der Waals surface area (Å²) in [6.45, 7) is 4.20. The van der Waals surface area contributed by atoms with E-state index in [1.807, 2.05) is 0 Å². The number of anilines is 1. The summed E-state index contributed by atoms with van der Waals surface area (Å²) in [5.41, 5.74) is 3.72.